The van der Waals surface area contributed by atoms with Crippen LogP contribution in [0.25, 0.3) is 0 Å². The number of rotatable bonds is 2. The summed E-state index contributed by atoms with van der Waals surface area (Å²) in [6.07, 6.45) is 1.42. The normalized spacial score (nSPS) is 37.5. The van der Waals surface area contributed by atoms with E-state index in [1.165, 1.54) is 7.11 Å². The summed E-state index contributed by atoms with van der Waals surface area (Å²) in [7, 11) is 1.50. The van der Waals surface area contributed by atoms with Crippen LogP contribution in [0.1, 0.15) is 0 Å². The molecule has 0 aromatic heterocycles. The summed E-state index contributed by atoms with van der Waals surface area (Å²) in [5.74, 6) is 0. The Morgan fingerprint density at radius 1 is 1.55 bits per heavy atom. The van der Waals surface area contributed by atoms with Gasteiger partial charge in [-0.2, -0.15) is 0 Å². The zero-order valence-corrected chi connectivity index (χ0v) is 6.30. The van der Waals surface area contributed by atoms with E-state index in [4.69, 9.17) is 19.7 Å². The maximum Gasteiger partial charge on any atom is 0.177 e. The molecule has 11 heavy (non-hydrogen) atoms. The van der Waals surface area contributed by atoms with Crippen molar-refractivity contribution in [2.45, 2.75) is 18.5 Å². The first kappa shape index (κ1) is 8.67. The first-order chi connectivity index (χ1) is 5.27. The van der Waals surface area contributed by atoms with Crippen molar-refractivity contribution >= 4 is 0 Å². The number of hydrogen-bond donors (Lipinski definition) is 2. The first-order valence-corrected chi connectivity index (χ1v) is 3.43. The van der Waals surface area contributed by atoms with Gasteiger partial charge in [-0.25, -0.2) is 0 Å². The van der Waals surface area contributed by atoms with Crippen molar-refractivity contribution in [1.29, 1.82) is 0 Å². The summed E-state index contributed by atoms with van der Waals surface area (Å²) < 4.78 is 9.93. The van der Waals surface area contributed by atoms with Crippen molar-refractivity contribution in [2.24, 2.45) is 0 Å². The molecule has 0 saturated heterocycles. The third-order valence-corrected chi connectivity index (χ3v) is 1.57. The fraction of sp³-hybridized carbons (Fsp3) is 0.714. The predicted octanol–water partition coefficient (Wildman–Crippen LogP) is -0.733. The van der Waals surface area contributed by atoms with Crippen LogP contribution in [0.3, 0.4) is 0 Å². The fourth-order valence-electron chi connectivity index (χ4n) is 0.912. The summed E-state index contributed by atoms with van der Waals surface area (Å²) in [6.45, 7) is -0.203. The van der Waals surface area contributed by atoms with Gasteiger partial charge in [-0.3, -0.25) is 0 Å². The van der Waals surface area contributed by atoms with Gasteiger partial charge in [0.25, 0.3) is 0 Å². The lowest BCUT2D eigenvalue weighted by Gasteiger charge is -2.27. The van der Waals surface area contributed by atoms with E-state index >= 15 is 0 Å². The molecular weight excluding hydrogens is 148 g/mol. The van der Waals surface area contributed by atoms with Crippen LogP contribution in [0, 0.1) is 0 Å². The van der Waals surface area contributed by atoms with Gasteiger partial charge in [-0.05, 0) is 6.08 Å². The lowest BCUT2D eigenvalue weighted by Crippen LogP contribution is -2.38. The maximum atomic E-state index is 9.15. The van der Waals surface area contributed by atoms with Crippen molar-refractivity contribution in [2.75, 3.05) is 13.7 Å². The average Bonchev–Trinajstić information content (AvgIpc) is 2.05. The second-order valence-electron chi connectivity index (χ2n) is 2.34. The second-order valence-corrected chi connectivity index (χ2v) is 2.34. The van der Waals surface area contributed by atoms with Crippen LogP contribution < -0.4 is 0 Å². The molecule has 0 spiro atoms. The molecule has 0 unspecified atom stereocenters. The van der Waals surface area contributed by atoms with Crippen molar-refractivity contribution in [3.63, 3.8) is 0 Å². The Balaban J connectivity index is 2.52. The number of aliphatic hydroxyl groups excluding tert-OH is 2. The molecule has 4 nitrogen and oxygen atoms in total. The maximum absolute atomic E-state index is 9.15. The zero-order chi connectivity index (χ0) is 8.27. The van der Waals surface area contributed by atoms with Crippen molar-refractivity contribution in [3.8, 4) is 0 Å². The minimum atomic E-state index is -0.730. The quantitative estimate of drug-likeness (QED) is 0.523. The molecule has 0 aliphatic carbocycles. The van der Waals surface area contributed by atoms with Gasteiger partial charge in [0.1, 0.15) is 12.2 Å². The molecule has 0 amide bonds. The average molecular weight is 160 g/mol. The van der Waals surface area contributed by atoms with Gasteiger partial charge in [0.15, 0.2) is 6.29 Å². The van der Waals surface area contributed by atoms with Gasteiger partial charge in [0, 0.05) is 7.11 Å². The topological polar surface area (TPSA) is 58.9 Å². The summed E-state index contributed by atoms with van der Waals surface area (Å²) in [5, 5.41) is 17.9. The molecule has 1 aliphatic rings. The van der Waals surface area contributed by atoms with Crippen LogP contribution in [-0.2, 0) is 9.47 Å². The second kappa shape index (κ2) is 3.82. The Morgan fingerprint density at radius 3 is 2.82 bits per heavy atom. The van der Waals surface area contributed by atoms with Crippen molar-refractivity contribution in [1.82, 2.24) is 0 Å². The predicted molar refractivity (Wildman–Crippen MR) is 37.9 cm³/mol. The zero-order valence-electron chi connectivity index (χ0n) is 6.30. The molecule has 0 fully saturated rings. The molecule has 2 N–H and O–H groups in total. The number of ether oxygens (including phenoxy) is 2. The molecule has 0 aromatic carbocycles. The van der Waals surface area contributed by atoms with Crippen molar-refractivity contribution < 1.29 is 19.7 Å². The molecule has 1 heterocycles. The van der Waals surface area contributed by atoms with Crippen LogP contribution in [0.5, 0.6) is 0 Å². The SMILES string of the molecule is CO[C@@H]1C=C[C@@H](O)[C@H](CO)O1. The lowest BCUT2D eigenvalue weighted by molar-refractivity contribution is -0.168. The highest BCUT2D eigenvalue weighted by molar-refractivity contribution is 4.99. The van der Waals surface area contributed by atoms with E-state index in [0.29, 0.717) is 0 Å². The standard InChI is InChI=1S/C7H12O4/c1-10-7-3-2-5(9)6(4-8)11-7/h2-3,5-9H,4H2,1H3/t5-,6+,7+/m1/s1. The van der Waals surface area contributed by atoms with Gasteiger partial charge in [0.2, 0.25) is 0 Å². The van der Waals surface area contributed by atoms with E-state index in [9.17, 15) is 0 Å². The van der Waals surface area contributed by atoms with E-state index in [0.717, 1.165) is 0 Å². The highest BCUT2D eigenvalue weighted by Gasteiger charge is 2.24. The van der Waals surface area contributed by atoms with E-state index in [1.54, 1.807) is 12.2 Å². The van der Waals surface area contributed by atoms with Crippen LogP contribution in [-0.4, -0.2) is 42.4 Å². The highest BCUT2D eigenvalue weighted by atomic mass is 16.7. The summed E-state index contributed by atoms with van der Waals surface area (Å²) >= 11 is 0. The largest absolute Gasteiger partial charge is 0.394 e. The molecule has 1 aliphatic heterocycles. The molecule has 0 bridgehead atoms. The van der Waals surface area contributed by atoms with Gasteiger partial charge in [-0.1, -0.05) is 6.08 Å². The van der Waals surface area contributed by atoms with Crippen molar-refractivity contribution in [3.05, 3.63) is 12.2 Å². The minimum absolute atomic E-state index is 0.203. The Kier molecular flexibility index (Phi) is 3.02. The molecule has 0 radical (unpaired) electrons. The van der Waals surface area contributed by atoms with Crippen LogP contribution in [0.15, 0.2) is 12.2 Å². The minimum Gasteiger partial charge on any atom is -0.394 e. The fourth-order valence-corrected chi connectivity index (χ4v) is 0.912. The van der Waals surface area contributed by atoms with Crippen LogP contribution in [0.2, 0.25) is 0 Å². The summed E-state index contributed by atoms with van der Waals surface area (Å²) in [4.78, 5) is 0. The Hall–Kier alpha value is -0.420. The highest BCUT2D eigenvalue weighted by Crippen LogP contribution is 2.12. The number of methoxy groups -OCH3 is 1. The summed E-state index contributed by atoms with van der Waals surface area (Å²) in [5.41, 5.74) is 0. The lowest BCUT2D eigenvalue weighted by atomic mass is 10.1. The Bertz CT molecular complexity index is 145. The van der Waals surface area contributed by atoms with Gasteiger partial charge in [0.05, 0.1) is 6.61 Å². The first-order valence-electron chi connectivity index (χ1n) is 3.43. The van der Waals surface area contributed by atoms with Gasteiger partial charge >= 0.3 is 0 Å². The van der Waals surface area contributed by atoms with E-state index in [1.807, 2.05) is 0 Å². The molecule has 4 heteroatoms. The summed E-state index contributed by atoms with van der Waals surface area (Å²) in [6, 6.07) is 0. The molecule has 0 aromatic rings. The number of aliphatic hydroxyl groups is 2. The third-order valence-electron chi connectivity index (χ3n) is 1.57. The van der Waals surface area contributed by atoms with Crippen LogP contribution >= 0.6 is 0 Å². The monoisotopic (exact) mass is 160 g/mol. The van der Waals surface area contributed by atoms with E-state index < -0.39 is 18.5 Å². The molecule has 3 atom stereocenters. The Morgan fingerprint density at radius 2 is 2.27 bits per heavy atom. The number of hydrogen-bond acceptors (Lipinski definition) is 4. The molecule has 0 saturated carbocycles. The molecule has 1 rings (SSSR count). The molecular formula is C7H12O4. The molecule has 64 valence electrons. The van der Waals surface area contributed by atoms with Gasteiger partial charge in [-0.15, -0.1) is 0 Å². The van der Waals surface area contributed by atoms with E-state index in [2.05, 4.69) is 0 Å². The smallest absolute Gasteiger partial charge is 0.177 e. The van der Waals surface area contributed by atoms with E-state index in [-0.39, 0.29) is 6.61 Å². The third kappa shape index (κ3) is 2.00. The van der Waals surface area contributed by atoms with Crippen LogP contribution in [0.4, 0.5) is 0 Å². The Labute approximate surface area is 65.0 Å². The van der Waals surface area contributed by atoms with Gasteiger partial charge < -0.3 is 19.7 Å².